The lowest BCUT2D eigenvalue weighted by Gasteiger charge is -2.08. The largest absolute Gasteiger partial charge is 0.324 e. The fourth-order valence-corrected chi connectivity index (χ4v) is 3.37. The smallest absolute Gasteiger partial charge is 0.234 e. The maximum absolute atomic E-state index is 12.2. The molecule has 1 aromatic heterocycles. The molecule has 0 saturated carbocycles. The van der Waals surface area contributed by atoms with Gasteiger partial charge >= 0.3 is 0 Å². The number of benzene rings is 2. The first-order chi connectivity index (χ1) is 12.5. The monoisotopic (exact) mass is 406 g/mol. The van der Waals surface area contributed by atoms with E-state index in [9.17, 15) is 4.79 Å². The molecule has 1 heterocycles. The molecule has 8 heteroatoms. The van der Waals surface area contributed by atoms with Crippen LogP contribution in [0.15, 0.2) is 47.6 Å². The molecule has 3 rings (SSSR count). The molecule has 0 unspecified atom stereocenters. The number of nitrogens with zero attached hydrogens (tertiary/aromatic N) is 3. The third kappa shape index (κ3) is 4.20. The third-order valence-electron chi connectivity index (χ3n) is 3.70. The molecular formula is C18H16Cl2N4OS. The molecule has 0 saturated heterocycles. The van der Waals surface area contributed by atoms with Crippen molar-refractivity contribution in [3.63, 3.8) is 0 Å². The summed E-state index contributed by atoms with van der Waals surface area (Å²) in [5, 5.41) is 12.5. The van der Waals surface area contributed by atoms with Gasteiger partial charge in [0.05, 0.1) is 21.5 Å². The van der Waals surface area contributed by atoms with Gasteiger partial charge in [0.15, 0.2) is 11.0 Å². The summed E-state index contributed by atoms with van der Waals surface area (Å²) in [7, 11) is 1.88. The molecule has 5 nitrogen and oxygen atoms in total. The highest BCUT2D eigenvalue weighted by Crippen LogP contribution is 2.30. The predicted molar refractivity (Wildman–Crippen MR) is 107 cm³/mol. The van der Waals surface area contributed by atoms with E-state index in [1.54, 1.807) is 18.2 Å². The molecule has 26 heavy (non-hydrogen) atoms. The van der Waals surface area contributed by atoms with Crippen LogP contribution >= 0.6 is 35.0 Å². The Bertz CT molecular complexity index is 941. The Morgan fingerprint density at radius 2 is 1.88 bits per heavy atom. The van der Waals surface area contributed by atoms with Crippen molar-refractivity contribution < 1.29 is 4.79 Å². The van der Waals surface area contributed by atoms with E-state index >= 15 is 0 Å². The molecule has 2 aromatic carbocycles. The van der Waals surface area contributed by atoms with Crippen LogP contribution in [0.4, 0.5) is 5.69 Å². The van der Waals surface area contributed by atoms with Crippen molar-refractivity contribution in [3.05, 3.63) is 58.1 Å². The predicted octanol–water partition coefficient (Wildman–Crippen LogP) is 4.83. The van der Waals surface area contributed by atoms with Crippen molar-refractivity contribution in [2.24, 2.45) is 7.05 Å². The first-order valence-electron chi connectivity index (χ1n) is 7.79. The van der Waals surface area contributed by atoms with Crippen molar-refractivity contribution in [2.45, 2.75) is 12.1 Å². The van der Waals surface area contributed by atoms with Crippen LogP contribution in [0.25, 0.3) is 11.4 Å². The molecule has 0 radical (unpaired) electrons. The minimum atomic E-state index is -0.195. The number of hydrogen-bond donors (Lipinski definition) is 1. The molecular weight excluding hydrogens is 391 g/mol. The maximum Gasteiger partial charge on any atom is 0.234 e. The van der Waals surface area contributed by atoms with E-state index < -0.39 is 0 Å². The lowest BCUT2D eigenvalue weighted by atomic mass is 10.1. The highest BCUT2D eigenvalue weighted by molar-refractivity contribution is 7.99. The zero-order valence-corrected chi connectivity index (χ0v) is 16.5. The number of carbonyl (C=O) groups is 1. The lowest BCUT2D eigenvalue weighted by molar-refractivity contribution is -0.113. The number of rotatable bonds is 5. The van der Waals surface area contributed by atoms with Crippen molar-refractivity contribution in [3.8, 4) is 11.4 Å². The molecule has 0 aliphatic heterocycles. The summed E-state index contributed by atoms with van der Waals surface area (Å²) in [5.41, 5.74) is 2.65. The van der Waals surface area contributed by atoms with Crippen LogP contribution in [0.3, 0.4) is 0 Å². The highest BCUT2D eigenvalue weighted by atomic mass is 35.5. The molecule has 1 amide bonds. The topological polar surface area (TPSA) is 59.8 Å². The number of halogens is 2. The summed E-state index contributed by atoms with van der Waals surface area (Å²) in [4.78, 5) is 12.2. The Balaban J connectivity index is 1.66. The van der Waals surface area contributed by atoms with Gasteiger partial charge < -0.3 is 9.88 Å². The molecule has 0 spiro atoms. The second-order valence-electron chi connectivity index (χ2n) is 5.67. The fourth-order valence-electron chi connectivity index (χ4n) is 2.31. The second kappa shape index (κ2) is 8.12. The number of thioether (sulfide) groups is 1. The molecule has 0 fully saturated rings. The van der Waals surface area contributed by atoms with Crippen LogP contribution in [-0.4, -0.2) is 26.4 Å². The second-order valence-corrected chi connectivity index (χ2v) is 7.40. The minimum absolute atomic E-state index is 0.183. The normalized spacial score (nSPS) is 10.8. The van der Waals surface area contributed by atoms with Gasteiger partial charge in [-0.1, -0.05) is 70.9 Å². The first-order valence-corrected chi connectivity index (χ1v) is 9.53. The Hall–Kier alpha value is -2.02. The van der Waals surface area contributed by atoms with E-state index in [2.05, 4.69) is 15.5 Å². The SMILES string of the molecule is Cc1ccc(-c2nnc(SCC(=O)Nc3cccc(Cl)c3Cl)n2C)cc1. The summed E-state index contributed by atoms with van der Waals surface area (Å²) >= 11 is 13.3. The Morgan fingerprint density at radius 1 is 1.15 bits per heavy atom. The number of anilines is 1. The van der Waals surface area contributed by atoms with E-state index in [1.807, 2.05) is 42.8 Å². The molecule has 0 aliphatic carbocycles. The Labute approximate surface area is 165 Å². The highest BCUT2D eigenvalue weighted by Gasteiger charge is 2.14. The van der Waals surface area contributed by atoms with Crippen LogP contribution < -0.4 is 5.32 Å². The van der Waals surface area contributed by atoms with Gasteiger partial charge in [-0.15, -0.1) is 10.2 Å². The number of amides is 1. The van der Waals surface area contributed by atoms with Gasteiger partial charge in [-0.2, -0.15) is 0 Å². The summed E-state index contributed by atoms with van der Waals surface area (Å²) < 4.78 is 1.87. The van der Waals surface area contributed by atoms with Crippen LogP contribution in [-0.2, 0) is 11.8 Å². The quantitative estimate of drug-likeness (QED) is 0.616. The van der Waals surface area contributed by atoms with Gasteiger partial charge in [-0.3, -0.25) is 4.79 Å². The van der Waals surface area contributed by atoms with Gasteiger partial charge in [0.1, 0.15) is 0 Å². The van der Waals surface area contributed by atoms with Gasteiger partial charge in [-0.25, -0.2) is 0 Å². The molecule has 3 aromatic rings. The maximum atomic E-state index is 12.2. The van der Waals surface area contributed by atoms with Gasteiger partial charge in [0.2, 0.25) is 5.91 Å². The van der Waals surface area contributed by atoms with Crippen molar-refractivity contribution >= 4 is 46.6 Å². The van der Waals surface area contributed by atoms with Crippen LogP contribution in [0.2, 0.25) is 10.0 Å². The summed E-state index contributed by atoms with van der Waals surface area (Å²) in [6.45, 7) is 2.03. The number of hydrogen-bond acceptors (Lipinski definition) is 4. The number of aromatic nitrogens is 3. The average Bonchev–Trinajstić information content (AvgIpc) is 2.99. The molecule has 1 N–H and O–H groups in total. The summed E-state index contributed by atoms with van der Waals surface area (Å²) in [6, 6.07) is 13.2. The van der Waals surface area contributed by atoms with E-state index in [0.717, 1.165) is 11.4 Å². The van der Waals surface area contributed by atoms with E-state index in [4.69, 9.17) is 23.2 Å². The van der Waals surface area contributed by atoms with Gasteiger partial charge in [0, 0.05) is 12.6 Å². The number of aryl methyl sites for hydroxylation is 1. The van der Waals surface area contributed by atoms with Crippen molar-refractivity contribution in [1.82, 2.24) is 14.8 Å². The molecule has 0 aliphatic rings. The zero-order chi connectivity index (χ0) is 18.7. The lowest BCUT2D eigenvalue weighted by Crippen LogP contribution is -2.14. The minimum Gasteiger partial charge on any atom is -0.324 e. The van der Waals surface area contributed by atoms with E-state index in [1.165, 1.54) is 17.3 Å². The Kier molecular flexibility index (Phi) is 5.86. The molecule has 0 atom stereocenters. The first kappa shape index (κ1) is 18.8. The number of carbonyl (C=O) groups excluding carboxylic acids is 1. The molecule has 0 bridgehead atoms. The average molecular weight is 407 g/mol. The van der Waals surface area contributed by atoms with Crippen LogP contribution in [0, 0.1) is 6.92 Å². The summed E-state index contributed by atoms with van der Waals surface area (Å²) in [5.74, 6) is 0.743. The number of nitrogens with one attached hydrogen (secondary N) is 1. The van der Waals surface area contributed by atoms with Gasteiger partial charge in [0.25, 0.3) is 0 Å². The van der Waals surface area contributed by atoms with Gasteiger partial charge in [-0.05, 0) is 19.1 Å². The van der Waals surface area contributed by atoms with E-state index in [-0.39, 0.29) is 11.7 Å². The third-order valence-corrected chi connectivity index (χ3v) is 5.54. The fraction of sp³-hybridized carbons (Fsp3) is 0.167. The standard InChI is InChI=1S/C18H16Cl2N4OS/c1-11-6-8-12(9-7-11)17-22-23-18(24(17)2)26-10-15(25)21-14-5-3-4-13(19)16(14)20/h3-9H,10H2,1-2H3,(H,21,25). The Morgan fingerprint density at radius 3 is 2.62 bits per heavy atom. The van der Waals surface area contributed by atoms with E-state index in [0.29, 0.717) is 20.9 Å². The van der Waals surface area contributed by atoms with Crippen molar-refractivity contribution in [1.29, 1.82) is 0 Å². The molecule has 134 valence electrons. The van der Waals surface area contributed by atoms with Crippen molar-refractivity contribution in [2.75, 3.05) is 11.1 Å². The van der Waals surface area contributed by atoms with Crippen LogP contribution in [0.5, 0.6) is 0 Å². The summed E-state index contributed by atoms with van der Waals surface area (Å²) in [6.07, 6.45) is 0. The van der Waals surface area contributed by atoms with Crippen LogP contribution in [0.1, 0.15) is 5.56 Å². The zero-order valence-electron chi connectivity index (χ0n) is 14.2.